The molecule has 1 aliphatic rings. The van der Waals surface area contributed by atoms with Crippen molar-refractivity contribution < 1.29 is 14.6 Å². The summed E-state index contributed by atoms with van der Waals surface area (Å²) in [5.74, 6) is 0.123. The molecule has 0 N–H and O–H groups in total. The fourth-order valence-electron chi connectivity index (χ4n) is 3.03. The van der Waals surface area contributed by atoms with Gasteiger partial charge in [-0.15, -0.1) is 0 Å². The SMILES string of the molecule is CCC1CCCCC1OOC(=O)c1ccc([Si](C)(C)C)cc1. The Labute approximate surface area is 135 Å². The fraction of sp³-hybridized carbons (Fsp3) is 0.611. The van der Waals surface area contributed by atoms with Crippen LogP contribution in [0.15, 0.2) is 24.3 Å². The van der Waals surface area contributed by atoms with Gasteiger partial charge >= 0.3 is 5.97 Å². The van der Waals surface area contributed by atoms with Gasteiger partial charge in [-0.25, -0.2) is 4.79 Å². The quantitative estimate of drug-likeness (QED) is 0.461. The number of benzene rings is 1. The van der Waals surface area contributed by atoms with Gasteiger partial charge in [0.25, 0.3) is 0 Å². The summed E-state index contributed by atoms with van der Waals surface area (Å²) in [5.41, 5.74) is 0.561. The van der Waals surface area contributed by atoms with Crippen molar-refractivity contribution in [2.75, 3.05) is 0 Å². The van der Waals surface area contributed by atoms with Crippen LogP contribution in [-0.2, 0) is 9.78 Å². The lowest BCUT2D eigenvalue weighted by molar-refractivity contribution is -0.290. The van der Waals surface area contributed by atoms with Gasteiger partial charge in [-0.2, -0.15) is 4.89 Å². The van der Waals surface area contributed by atoms with E-state index in [1.54, 1.807) is 0 Å². The third-order valence-corrected chi connectivity index (χ3v) is 6.66. The number of rotatable bonds is 5. The van der Waals surface area contributed by atoms with Crippen molar-refractivity contribution >= 4 is 19.2 Å². The highest BCUT2D eigenvalue weighted by Gasteiger charge is 2.27. The predicted octanol–water partition coefficient (Wildman–Crippen LogP) is 4.29. The van der Waals surface area contributed by atoms with Gasteiger partial charge in [-0.1, -0.05) is 63.1 Å². The van der Waals surface area contributed by atoms with E-state index >= 15 is 0 Å². The molecule has 1 aliphatic carbocycles. The average molecular weight is 321 g/mol. The monoisotopic (exact) mass is 320 g/mol. The molecule has 22 heavy (non-hydrogen) atoms. The first kappa shape index (κ1) is 17.2. The van der Waals surface area contributed by atoms with Crippen molar-refractivity contribution in [2.45, 2.75) is 64.8 Å². The molecular weight excluding hydrogens is 292 g/mol. The average Bonchev–Trinajstić information content (AvgIpc) is 2.52. The Morgan fingerprint density at radius 1 is 1.14 bits per heavy atom. The van der Waals surface area contributed by atoms with Crippen LogP contribution in [0.3, 0.4) is 0 Å². The largest absolute Gasteiger partial charge is 0.373 e. The fourth-order valence-corrected chi connectivity index (χ4v) is 4.19. The van der Waals surface area contributed by atoms with Gasteiger partial charge < -0.3 is 0 Å². The zero-order chi connectivity index (χ0) is 16.2. The first-order valence-corrected chi connectivity index (χ1v) is 11.9. The molecular formula is C18H28O3Si. The predicted molar refractivity (Wildman–Crippen MR) is 92.0 cm³/mol. The first-order valence-electron chi connectivity index (χ1n) is 8.40. The number of carbonyl (C=O) groups is 1. The number of carbonyl (C=O) groups excluding carboxylic acids is 1. The normalized spacial score (nSPS) is 22.4. The number of hydrogen-bond donors (Lipinski definition) is 0. The molecule has 1 aromatic rings. The van der Waals surface area contributed by atoms with Crippen molar-refractivity contribution in [3.8, 4) is 0 Å². The Morgan fingerprint density at radius 3 is 2.36 bits per heavy atom. The molecule has 4 heteroatoms. The maximum absolute atomic E-state index is 12.1. The van der Waals surface area contributed by atoms with Gasteiger partial charge in [-0.05, 0) is 30.9 Å². The highest BCUT2D eigenvalue weighted by molar-refractivity contribution is 6.88. The van der Waals surface area contributed by atoms with Gasteiger partial charge in [0, 0.05) is 0 Å². The molecule has 0 aliphatic heterocycles. The molecule has 2 rings (SSSR count). The minimum atomic E-state index is -1.33. The van der Waals surface area contributed by atoms with Crippen molar-refractivity contribution in [1.29, 1.82) is 0 Å². The zero-order valence-electron chi connectivity index (χ0n) is 14.2. The Hall–Kier alpha value is -1.13. The summed E-state index contributed by atoms with van der Waals surface area (Å²) in [5, 5.41) is 1.34. The van der Waals surface area contributed by atoms with Crippen LogP contribution < -0.4 is 5.19 Å². The van der Waals surface area contributed by atoms with E-state index in [9.17, 15) is 4.79 Å². The lowest BCUT2D eigenvalue weighted by Gasteiger charge is -2.28. The van der Waals surface area contributed by atoms with Crippen molar-refractivity contribution in [3.63, 3.8) is 0 Å². The Balaban J connectivity index is 1.92. The molecule has 0 heterocycles. The maximum Gasteiger partial charge on any atom is 0.373 e. The first-order chi connectivity index (χ1) is 10.4. The van der Waals surface area contributed by atoms with E-state index in [1.807, 2.05) is 24.3 Å². The van der Waals surface area contributed by atoms with Gasteiger partial charge in [0.2, 0.25) is 0 Å². The van der Waals surface area contributed by atoms with Crippen molar-refractivity contribution in [2.24, 2.45) is 5.92 Å². The van der Waals surface area contributed by atoms with Gasteiger partial charge in [0.1, 0.15) is 6.10 Å². The van der Waals surface area contributed by atoms with Gasteiger partial charge in [0.05, 0.1) is 13.6 Å². The molecule has 122 valence electrons. The van der Waals surface area contributed by atoms with E-state index in [1.165, 1.54) is 18.0 Å². The Kier molecular flexibility index (Phi) is 5.81. The van der Waals surface area contributed by atoms with Gasteiger partial charge in [-0.3, -0.25) is 4.89 Å². The van der Waals surface area contributed by atoms with Crippen LogP contribution in [0.25, 0.3) is 0 Å². The summed E-state index contributed by atoms with van der Waals surface area (Å²) < 4.78 is 0. The minimum absolute atomic E-state index is 0.0592. The Morgan fingerprint density at radius 2 is 1.77 bits per heavy atom. The van der Waals surface area contributed by atoms with Crippen molar-refractivity contribution in [1.82, 2.24) is 0 Å². The van der Waals surface area contributed by atoms with Crippen molar-refractivity contribution in [3.05, 3.63) is 29.8 Å². The zero-order valence-corrected chi connectivity index (χ0v) is 15.2. The summed E-state index contributed by atoms with van der Waals surface area (Å²) in [6.45, 7) is 9.04. The van der Waals surface area contributed by atoms with Crippen LogP contribution >= 0.6 is 0 Å². The van der Waals surface area contributed by atoms with E-state index in [0.717, 1.165) is 19.3 Å². The van der Waals surface area contributed by atoms with E-state index in [2.05, 4.69) is 26.6 Å². The van der Waals surface area contributed by atoms with Crippen LogP contribution in [0.2, 0.25) is 19.6 Å². The van der Waals surface area contributed by atoms with Crippen LogP contribution in [0, 0.1) is 5.92 Å². The number of hydrogen-bond acceptors (Lipinski definition) is 3. The van der Waals surface area contributed by atoms with Crippen LogP contribution in [0.4, 0.5) is 0 Å². The van der Waals surface area contributed by atoms with Crippen LogP contribution in [0.5, 0.6) is 0 Å². The molecule has 0 spiro atoms. The Bertz CT molecular complexity index is 490. The molecule has 2 unspecified atom stereocenters. The molecule has 1 fully saturated rings. The molecule has 0 amide bonds. The smallest absolute Gasteiger partial charge is 0.293 e. The van der Waals surface area contributed by atoms with E-state index in [0.29, 0.717) is 11.5 Å². The summed E-state index contributed by atoms with van der Waals surface area (Å²) >= 11 is 0. The second-order valence-electron chi connectivity index (χ2n) is 7.29. The lowest BCUT2D eigenvalue weighted by Crippen LogP contribution is -2.37. The summed E-state index contributed by atoms with van der Waals surface area (Å²) in [4.78, 5) is 22.7. The second kappa shape index (κ2) is 7.42. The molecule has 0 radical (unpaired) electrons. The topological polar surface area (TPSA) is 35.5 Å². The van der Waals surface area contributed by atoms with E-state index in [4.69, 9.17) is 9.78 Å². The molecule has 0 saturated heterocycles. The lowest BCUT2D eigenvalue weighted by atomic mass is 9.85. The molecule has 1 aromatic carbocycles. The molecule has 0 aromatic heterocycles. The van der Waals surface area contributed by atoms with Crippen LogP contribution in [0.1, 0.15) is 49.4 Å². The second-order valence-corrected chi connectivity index (χ2v) is 12.4. The summed E-state index contributed by atoms with van der Waals surface area (Å²) in [6.07, 6.45) is 5.70. The molecule has 3 nitrogen and oxygen atoms in total. The third kappa shape index (κ3) is 4.43. The van der Waals surface area contributed by atoms with Gasteiger partial charge in [0.15, 0.2) is 0 Å². The molecule has 0 bridgehead atoms. The van der Waals surface area contributed by atoms with E-state index in [-0.39, 0.29) is 12.1 Å². The summed E-state index contributed by atoms with van der Waals surface area (Å²) in [6, 6.07) is 7.77. The third-order valence-electron chi connectivity index (χ3n) is 4.60. The standard InChI is InChI=1S/C18H28O3Si/c1-5-14-8-6-7-9-17(14)20-21-18(19)15-10-12-16(13-11-15)22(2,3)4/h10-14,17H,5-9H2,1-4H3. The maximum atomic E-state index is 12.1. The van der Waals surface area contributed by atoms with Crippen LogP contribution in [-0.4, -0.2) is 20.1 Å². The molecule has 1 saturated carbocycles. The minimum Gasteiger partial charge on any atom is -0.293 e. The highest BCUT2D eigenvalue weighted by Crippen LogP contribution is 2.29. The summed E-state index contributed by atoms with van der Waals surface area (Å²) in [7, 11) is -1.33. The molecule has 2 atom stereocenters. The van der Waals surface area contributed by atoms with E-state index < -0.39 is 8.07 Å². The highest BCUT2D eigenvalue weighted by atomic mass is 28.3.